The van der Waals surface area contributed by atoms with Crippen LogP contribution in [0.4, 0.5) is 0 Å². The number of fused-ring (bicyclic) bond motifs is 1. The first-order valence-corrected chi connectivity index (χ1v) is 9.76. The van der Waals surface area contributed by atoms with Crippen molar-refractivity contribution in [3.8, 4) is 11.5 Å². The number of benzene rings is 1. The third-order valence-corrected chi connectivity index (χ3v) is 5.75. The molecule has 2 aliphatic rings. The topological polar surface area (TPSA) is 76.7 Å². The Morgan fingerprint density at radius 2 is 2.08 bits per heavy atom. The fourth-order valence-corrected chi connectivity index (χ4v) is 4.05. The Bertz CT molecular complexity index is 629. The number of carbonyl (C=O) groups excluding carboxylic acids is 1. The van der Waals surface area contributed by atoms with Crippen LogP contribution in [0.2, 0.25) is 0 Å². The number of piperidine rings is 1. The maximum Gasteiger partial charge on any atom is 0.221 e. The predicted octanol–water partition coefficient (Wildman–Crippen LogP) is 1.63. The number of carbonyl (C=O) groups is 1. The van der Waals surface area contributed by atoms with Crippen LogP contribution in [0.15, 0.2) is 23.1 Å². The monoisotopic (exact) mass is 388 g/mol. The lowest BCUT2D eigenvalue weighted by Gasteiger charge is -2.30. The van der Waals surface area contributed by atoms with E-state index < -0.39 is 10.8 Å². The quantitative estimate of drug-likeness (QED) is 0.801. The molecule has 0 spiro atoms. The highest BCUT2D eigenvalue weighted by Crippen LogP contribution is 2.31. The summed E-state index contributed by atoms with van der Waals surface area (Å²) in [4.78, 5) is 12.8. The van der Waals surface area contributed by atoms with Crippen LogP contribution in [-0.4, -0.2) is 47.7 Å². The van der Waals surface area contributed by atoms with E-state index in [4.69, 9.17) is 9.47 Å². The van der Waals surface area contributed by atoms with Crippen LogP contribution >= 0.6 is 12.4 Å². The van der Waals surface area contributed by atoms with Gasteiger partial charge in [-0.1, -0.05) is 0 Å². The molecule has 2 heterocycles. The van der Waals surface area contributed by atoms with Gasteiger partial charge in [0.1, 0.15) is 13.2 Å². The van der Waals surface area contributed by atoms with E-state index in [-0.39, 0.29) is 36.8 Å². The highest BCUT2D eigenvalue weighted by Gasteiger charge is 2.22. The molecule has 1 aromatic carbocycles. The van der Waals surface area contributed by atoms with Gasteiger partial charge in [0.05, 0.1) is 10.8 Å². The summed E-state index contributed by atoms with van der Waals surface area (Å²) in [5, 5.41) is 6.40. The van der Waals surface area contributed by atoms with E-state index in [1.807, 2.05) is 0 Å². The van der Waals surface area contributed by atoms with Crippen LogP contribution in [0, 0.1) is 0 Å². The van der Waals surface area contributed by atoms with Crippen LogP contribution in [0.5, 0.6) is 11.5 Å². The molecule has 0 radical (unpaired) electrons. The number of nitrogens with one attached hydrogen (secondary N) is 2. The Morgan fingerprint density at radius 3 is 2.84 bits per heavy atom. The summed E-state index contributed by atoms with van der Waals surface area (Å²) in [6.07, 6.45) is 2.31. The van der Waals surface area contributed by atoms with E-state index in [0.29, 0.717) is 35.4 Å². The van der Waals surface area contributed by atoms with Gasteiger partial charge in [0.25, 0.3) is 0 Å². The SMILES string of the molecule is CC1NCCCC1NC(=O)CCS(=O)c1ccc2c(c1)OCCO2.Cl. The molecule has 3 rings (SSSR count). The molecule has 1 amide bonds. The summed E-state index contributed by atoms with van der Waals surface area (Å²) in [5.74, 6) is 1.57. The highest BCUT2D eigenvalue weighted by atomic mass is 35.5. The van der Waals surface area contributed by atoms with Crippen molar-refractivity contribution in [3.63, 3.8) is 0 Å². The van der Waals surface area contributed by atoms with Crippen molar-refractivity contribution < 1.29 is 18.5 Å². The average Bonchev–Trinajstić information content (AvgIpc) is 2.61. The Balaban J connectivity index is 0.00000225. The Morgan fingerprint density at radius 1 is 1.32 bits per heavy atom. The standard InChI is InChI=1S/C17H24N2O4S.ClH/c1-12-14(3-2-7-18-12)19-17(20)6-10-24(21)13-4-5-15-16(11-13)23-9-8-22-15;/h4-5,11-12,14,18H,2-3,6-10H2,1H3,(H,19,20);1H. The highest BCUT2D eigenvalue weighted by molar-refractivity contribution is 7.85. The first-order chi connectivity index (χ1) is 11.6. The zero-order valence-electron chi connectivity index (χ0n) is 14.3. The molecule has 0 bridgehead atoms. The molecule has 6 nitrogen and oxygen atoms in total. The molecule has 1 fully saturated rings. The number of rotatable bonds is 5. The molecule has 0 aliphatic carbocycles. The Kier molecular flexibility index (Phi) is 7.53. The average molecular weight is 389 g/mol. The van der Waals surface area contributed by atoms with Crippen LogP contribution < -0.4 is 20.1 Å². The maximum absolute atomic E-state index is 12.4. The largest absolute Gasteiger partial charge is 0.486 e. The summed E-state index contributed by atoms with van der Waals surface area (Å²) in [5.41, 5.74) is 0. The second-order valence-corrected chi connectivity index (χ2v) is 7.73. The fraction of sp³-hybridized carbons (Fsp3) is 0.588. The normalized spacial score (nSPS) is 23.2. The van der Waals surface area contributed by atoms with Gasteiger partial charge in [0, 0.05) is 35.2 Å². The smallest absolute Gasteiger partial charge is 0.221 e. The lowest BCUT2D eigenvalue weighted by atomic mass is 10.00. The Hall–Kier alpha value is -1.31. The van der Waals surface area contributed by atoms with E-state index in [1.54, 1.807) is 18.2 Å². The second kappa shape index (κ2) is 9.40. The first-order valence-electron chi connectivity index (χ1n) is 8.44. The number of hydrogen-bond acceptors (Lipinski definition) is 5. The molecule has 2 N–H and O–H groups in total. The molecule has 3 atom stereocenters. The molecule has 1 aromatic rings. The maximum atomic E-state index is 12.4. The van der Waals surface area contributed by atoms with E-state index >= 15 is 0 Å². The predicted molar refractivity (Wildman–Crippen MR) is 99.2 cm³/mol. The summed E-state index contributed by atoms with van der Waals surface area (Å²) in [6, 6.07) is 5.74. The summed E-state index contributed by atoms with van der Waals surface area (Å²) >= 11 is 0. The third kappa shape index (κ3) is 5.33. The van der Waals surface area contributed by atoms with E-state index in [2.05, 4.69) is 17.6 Å². The van der Waals surface area contributed by atoms with E-state index in [0.717, 1.165) is 19.4 Å². The van der Waals surface area contributed by atoms with Crippen molar-refractivity contribution in [1.29, 1.82) is 0 Å². The Labute approximate surface area is 156 Å². The van der Waals surface area contributed by atoms with Gasteiger partial charge in [-0.15, -0.1) is 12.4 Å². The molecular weight excluding hydrogens is 364 g/mol. The number of amides is 1. The van der Waals surface area contributed by atoms with Crippen molar-refractivity contribution in [1.82, 2.24) is 10.6 Å². The van der Waals surface area contributed by atoms with Crippen LogP contribution in [0.3, 0.4) is 0 Å². The van der Waals surface area contributed by atoms with Crippen molar-refractivity contribution >= 4 is 29.1 Å². The van der Waals surface area contributed by atoms with Crippen LogP contribution in [0.25, 0.3) is 0 Å². The van der Waals surface area contributed by atoms with Gasteiger partial charge >= 0.3 is 0 Å². The summed E-state index contributed by atoms with van der Waals surface area (Å²) < 4.78 is 23.4. The van der Waals surface area contributed by atoms with Gasteiger partial charge in [-0.3, -0.25) is 9.00 Å². The van der Waals surface area contributed by atoms with Crippen molar-refractivity contribution in [2.45, 2.75) is 43.2 Å². The van der Waals surface area contributed by atoms with Crippen molar-refractivity contribution in [2.24, 2.45) is 0 Å². The van der Waals surface area contributed by atoms with Gasteiger partial charge in [-0.05, 0) is 38.4 Å². The molecule has 8 heteroatoms. The van der Waals surface area contributed by atoms with Crippen LogP contribution in [0.1, 0.15) is 26.2 Å². The van der Waals surface area contributed by atoms with E-state index in [9.17, 15) is 9.00 Å². The lowest BCUT2D eigenvalue weighted by molar-refractivity contribution is -0.121. The number of halogens is 1. The van der Waals surface area contributed by atoms with Crippen LogP contribution in [-0.2, 0) is 15.6 Å². The number of hydrogen-bond donors (Lipinski definition) is 2. The van der Waals surface area contributed by atoms with Gasteiger partial charge < -0.3 is 20.1 Å². The molecule has 2 aliphatic heterocycles. The fourth-order valence-electron chi connectivity index (χ4n) is 2.99. The minimum Gasteiger partial charge on any atom is -0.486 e. The second-order valence-electron chi connectivity index (χ2n) is 6.16. The minimum atomic E-state index is -1.23. The number of ether oxygens (including phenoxy) is 2. The van der Waals surface area contributed by atoms with E-state index in [1.165, 1.54) is 0 Å². The lowest BCUT2D eigenvalue weighted by Crippen LogP contribution is -2.52. The minimum absolute atomic E-state index is 0. The molecule has 0 saturated carbocycles. The molecule has 0 aromatic heterocycles. The summed E-state index contributed by atoms with van der Waals surface area (Å²) in [7, 11) is -1.23. The zero-order chi connectivity index (χ0) is 16.9. The van der Waals surface area contributed by atoms with Crippen molar-refractivity contribution in [3.05, 3.63) is 18.2 Å². The molecule has 3 unspecified atom stereocenters. The molecule has 1 saturated heterocycles. The van der Waals surface area contributed by atoms with Crippen molar-refractivity contribution in [2.75, 3.05) is 25.5 Å². The van der Waals surface area contributed by atoms with Gasteiger partial charge in [-0.25, -0.2) is 0 Å². The third-order valence-electron chi connectivity index (χ3n) is 4.40. The van der Waals surface area contributed by atoms with Gasteiger partial charge in [0.2, 0.25) is 5.91 Å². The van der Waals surface area contributed by atoms with Gasteiger partial charge in [0.15, 0.2) is 11.5 Å². The zero-order valence-corrected chi connectivity index (χ0v) is 15.9. The van der Waals surface area contributed by atoms with Gasteiger partial charge in [-0.2, -0.15) is 0 Å². The molecular formula is C17H25ClN2O4S. The first kappa shape index (κ1) is 20.0. The molecule has 25 heavy (non-hydrogen) atoms. The molecule has 140 valence electrons. The summed E-state index contributed by atoms with van der Waals surface area (Å²) in [6.45, 7) is 4.11.